The minimum atomic E-state index is 0.0483. The van der Waals surface area contributed by atoms with Crippen LogP contribution in [0.5, 0.6) is 0 Å². The van der Waals surface area contributed by atoms with E-state index < -0.39 is 0 Å². The Morgan fingerprint density at radius 3 is 2.74 bits per heavy atom. The minimum Gasteiger partial charge on any atom is -0.374 e. The van der Waals surface area contributed by atoms with Crippen LogP contribution in [0.4, 0.5) is 0 Å². The van der Waals surface area contributed by atoms with Crippen LogP contribution in [-0.2, 0) is 11.2 Å². The first-order chi connectivity index (χ1) is 9.24. The van der Waals surface area contributed by atoms with Crippen LogP contribution in [0.1, 0.15) is 45.1 Å². The maximum absolute atomic E-state index is 6.00. The summed E-state index contributed by atoms with van der Waals surface area (Å²) in [5.41, 5.74) is 1.49. The van der Waals surface area contributed by atoms with E-state index in [2.05, 4.69) is 49.5 Å². The topological polar surface area (TPSA) is 21.3 Å². The summed E-state index contributed by atoms with van der Waals surface area (Å²) in [6.45, 7) is 6.41. The third-order valence-corrected chi connectivity index (χ3v) is 4.24. The van der Waals surface area contributed by atoms with Crippen molar-refractivity contribution in [2.24, 2.45) is 0 Å². The molecule has 1 aliphatic heterocycles. The van der Waals surface area contributed by atoms with E-state index in [-0.39, 0.29) is 5.60 Å². The van der Waals surface area contributed by atoms with Crippen LogP contribution in [0, 0.1) is 0 Å². The number of aryl methyl sites for hydroxylation is 1. The van der Waals surface area contributed by atoms with E-state index in [4.69, 9.17) is 4.74 Å². The Balaban J connectivity index is 1.83. The van der Waals surface area contributed by atoms with Crippen LogP contribution in [-0.4, -0.2) is 24.8 Å². The number of benzene rings is 1. The smallest absolute Gasteiger partial charge is 0.0807 e. The molecule has 0 aliphatic carbocycles. The Morgan fingerprint density at radius 1 is 1.32 bits per heavy atom. The van der Waals surface area contributed by atoms with Gasteiger partial charge in [-0.25, -0.2) is 0 Å². The first-order valence-corrected chi connectivity index (χ1v) is 7.66. The maximum Gasteiger partial charge on any atom is 0.0807 e. The van der Waals surface area contributed by atoms with Crippen molar-refractivity contribution in [1.82, 2.24) is 5.32 Å². The summed E-state index contributed by atoms with van der Waals surface area (Å²) in [7, 11) is 0. The van der Waals surface area contributed by atoms with Gasteiger partial charge in [-0.05, 0) is 51.1 Å². The molecule has 19 heavy (non-hydrogen) atoms. The van der Waals surface area contributed by atoms with Gasteiger partial charge in [-0.15, -0.1) is 0 Å². The van der Waals surface area contributed by atoms with Gasteiger partial charge in [-0.2, -0.15) is 0 Å². The van der Waals surface area contributed by atoms with E-state index in [0.717, 1.165) is 13.2 Å². The van der Waals surface area contributed by atoms with Crippen molar-refractivity contribution in [3.63, 3.8) is 0 Å². The summed E-state index contributed by atoms with van der Waals surface area (Å²) in [4.78, 5) is 0. The van der Waals surface area contributed by atoms with E-state index in [1.807, 2.05) is 0 Å². The number of rotatable bonds is 7. The molecule has 0 aromatic heterocycles. The summed E-state index contributed by atoms with van der Waals surface area (Å²) in [5, 5.41) is 3.63. The van der Waals surface area contributed by atoms with Crippen molar-refractivity contribution >= 4 is 0 Å². The molecule has 0 saturated carbocycles. The molecule has 106 valence electrons. The Bertz CT molecular complexity index is 357. The predicted octanol–water partition coefficient (Wildman–Crippen LogP) is 3.56. The average molecular weight is 261 g/mol. The summed E-state index contributed by atoms with van der Waals surface area (Å²) in [5.74, 6) is 0. The van der Waals surface area contributed by atoms with Crippen molar-refractivity contribution in [2.45, 2.75) is 57.6 Å². The number of hydrogen-bond donors (Lipinski definition) is 1. The SMILES string of the molecule is CCNC(CCCc1ccccc1)C1(C)CCCO1. The number of hydrogen-bond acceptors (Lipinski definition) is 2. The van der Waals surface area contributed by atoms with E-state index in [1.165, 1.54) is 37.7 Å². The number of nitrogens with one attached hydrogen (secondary N) is 1. The molecule has 2 heteroatoms. The lowest BCUT2D eigenvalue weighted by Crippen LogP contribution is -2.48. The van der Waals surface area contributed by atoms with Crippen LogP contribution in [0.2, 0.25) is 0 Å². The van der Waals surface area contributed by atoms with Crippen molar-refractivity contribution in [1.29, 1.82) is 0 Å². The number of ether oxygens (including phenoxy) is 1. The lowest BCUT2D eigenvalue weighted by atomic mass is 9.88. The van der Waals surface area contributed by atoms with E-state index in [0.29, 0.717) is 6.04 Å². The molecular weight excluding hydrogens is 234 g/mol. The molecule has 2 atom stereocenters. The third-order valence-electron chi connectivity index (χ3n) is 4.24. The van der Waals surface area contributed by atoms with Crippen LogP contribution in [0.25, 0.3) is 0 Å². The van der Waals surface area contributed by atoms with Gasteiger partial charge in [0, 0.05) is 12.6 Å². The first kappa shape index (κ1) is 14.5. The highest BCUT2D eigenvalue weighted by Crippen LogP contribution is 2.30. The zero-order valence-corrected chi connectivity index (χ0v) is 12.3. The zero-order chi connectivity index (χ0) is 13.6. The highest BCUT2D eigenvalue weighted by molar-refractivity contribution is 5.14. The first-order valence-electron chi connectivity index (χ1n) is 7.66. The van der Waals surface area contributed by atoms with Crippen molar-refractivity contribution in [3.05, 3.63) is 35.9 Å². The quantitative estimate of drug-likeness (QED) is 0.810. The molecule has 1 N–H and O–H groups in total. The van der Waals surface area contributed by atoms with Crippen LogP contribution in [0.15, 0.2) is 30.3 Å². The van der Waals surface area contributed by atoms with E-state index in [9.17, 15) is 0 Å². The Kier molecular flexibility index (Phi) is 5.41. The second kappa shape index (κ2) is 7.06. The summed E-state index contributed by atoms with van der Waals surface area (Å²) >= 11 is 0. The highest BCUT2D eigenvalue weighted by atomic mass is 16.5. The molecule has 1 aromatic rings. The molecule has 1 heterocycles. The largest absolute Gasteiger partial charge is 0.374 e. The lowest BCUT2D eigenvalue weighted by Gasteiger charge is -2.34. The summed E-state index contributed by atoms with van der Waals surface area (Å²) in [6.07, 6.45) is 5.98. The second-order valence-corrected chi connectivity index (χ2v) is 5.75. The molecular formula is C17H27NO. The maximum atomic E-state index is 6.00. The van der Waals surface area contributed by atoms with Gasteiger partial charge in [0.15, 0.2) is 0 Å². The van der Waals surface area contributed by atoms with Crippen LogP contribution < -0.4 is 5.32 Å². The van der Waals surface area contributed by atoms with Gasteiger partial charge >= 0.3 is 0 Å². The minimum absolute atomic E-state index is 0.0483. The molecule has 2 rings (SSSR count). The summed E-state index contributed by atoms with van der Waals surface area (Å²) in [6, 6.07) is 11.3. The third kappa shape index (κ3) is 4.05. The fraction of sp³-hybridized carbons (Fsp3) is 0.647. The molecule has 0 amide bonds. The Morgan fingerprint density at radius 2 is 2.11 bits per heavy atom. The van der Waals surface area contributed by atoms with Crippen molar-refractivity contribution < 1.29 is 4.74 Å². The van der Waals surface area contributed by atoms with Gasteiger partial charge in [0.2, 0.25) is 0 Å². The fourth-order valence-electron chi connectivity index (χ4n) is 3.10. The van der Waals surface area contributed by atoms with E-state index >= 15 is 0 Å². The van der Waals surface area contributed by atoms with Crippen LogP contribution in [0.3, 0.4) is 0 Å². The van der Waals surface area contributed by atoms with E-state index in [1.54, 1.807) is 0 Å². The zero-order valence-electron chi connectivity index (χ0n) is 12.3. The Labute approximate surface area is 117 Å². The normalized spacial score (nSPS) is 24.5. The van der Waals surface area contributed by atoms with Gasteiger partial charge in [0.1, 0.15) is 0 Å². The second-order valence-electron chi connectivity index (χ2n) is 5.75. The molecule has 0 radical (unpaired) electrons. The fourth-order valence-corrected chi connectivity index (χ4v) is 3.10. The van der Waals surface area contributed by atoms with Gasteiger partial charge < -0.3 is 10.1 Å². The van der Waals surface area contributed by atoms with Gasteiger partial charge in [0.25, 0.3) is 0 Å². The predicted molar refractivity (Wildman–Crippen MR) is 80.4 cm³/mol. The molecule has 2 unspecified atom stereocenters. The molecule has 1 fully saturated rings. The van der Waals surface area contributed by atoms with Gasteiger partial charge in [-0.3, -0.25) is 0 Å². The summed E-state index contributed by atoms with van der Waals surface area (Å²) < 4.78 is 6.00. The van der Waals surface area contributed by atoms with Crippen molar-refractivity contribution in [3.8, 4) is 0 Å². The number of likely N-dealkylation sites (N-methyl/N-ethyl adjacent to an activating group) is 1. The molecule has 1 saturated heterocycles. The lowest BCUT2D eigenvalue weighted by molar-refractivity contribution is -0.0138. The molecule has 0 spiro atoms. The molecule has 0 bridgehead atoms. The standard InChI is InChI=1S/C17H27NO/c1-3-18-16(17(2)13-8-14-19-17)12-7-11-15-9-5-4-6-10-15/h4-6,9-10,16,18H,3,7-8,11-14H2,1-2H3. The average Bonchev–Trinajstić information content (AvgIpc) is 2.87. The molecule has 1 aliphatic rings. The molecule has 1 aromatic carbocycles. The Hall–Kier alpha value is -0.860. The molecule has 2 nitrogen and oxygen atoms in total. The van der Waals surface area contributed by atoms with Gasteiger partial charge in [-0.1, -0.05) is 37.3 Å². The monoisotopic (exact) mass is 261 g/mol. The highest BCUT2D eigenvalue weighted by Gasteiger charge is 2.37. The van der Waals surface area contributed by atoms with Crippen LogP contribution >= 0.6 is 0 Å². The van der Waals surface area contributed by atoms with Gasteiger partial charge in [0.05, 0.1) is 5.60 Å². The van der Waals surface area contributed by atoms with Crippen molar-refractivity contribution in [2.75, 3.05) is 13.2 Å².